The molecular formula is C16H18N2OS. The van der Waals surface area contributed by atoms with Crippen LogP contribution in [0, 0.1) is 5.92 Å². The predicted molar refractivity (Wildman–Crippen MR) is 81.0 cm³/mol. The van der Waals surface area contributed by atoms with E-state index in [1.165, 1.54) is 16.9 Å². The summed E-state index contributed by atoms with van der Waals surface area (Å²) in [5, 5.41) is 1.83. The number of carbonyl (C=O) groups excluding carboxylic acids is 1. The Morgan fingerprint density at radius 2 is 2.15 bits per heavy atom. The van der Waals surface area contributed by atoms with E-state index in [-0.39, 0.29) is 5.91 Å². The maximum absolute atomic E-state index is 12.3. The zero-order valence-corrected chi connectivity index (χ0v) is 12.3. The average molecular weight is 286 g/mol. The van der Waals surface area contributed by atoms with Crippen LogP contribution in [-0.4, -0.2) is 28.9 Å². The Hall–Kier alpha value is -1.68. The highest BCUT2D eigenvalue weighted by Crippen LogP contribution is 2.33. The molecule has 1 saturated heterocycles. The molecule has 0 bridgehead atoms. The quantitative estimate of drug-likeness (QED) is 0.847. The lowest BCUT2D eigenvalue weighted by Gasteiger charge is -2.37. The summed E-state index contributed by atoms with van der Waals surface area (Å²) in [6, 6.07) is 10.6. The van der Waals surface area contributed by atoms with Gasteiger partial charge in [0.15, 0.2) is 0 Å². The van der Waals surface area contributed by atoms with Crippen molar-refractivity contribution in [1.82, 2.24) is 9.88 Å². The Morgan fingerprint density at radius 1 is 1.35 bits per heavy atom. The molecule has 1 amide bonds. The van der Waals surface area contributed by atoms with E-state index < -0.39 is 0 Å². The Balaban J connectivity index is 1.70. The summed E-state index contributed by atoms with van der Waals surface area (Å²) in [5.74, 6) is 1.11. The van der Waals surface area contributed by atoms with Crippen molar-refractivity contribution < 1.29 is 4.79 Å². The Labute approximate surface area is 123 Å². The van der Waals surface area contributed by atoms with Crippen molar-refractivity contribution in [2.45, 2.75) is 19.3 Å². The van der Waals surface area contributed by atoms with Crippen LogP contribution < -0.4 is 0 Å². The summed E-state index contributed by atoms with van der Waals surface area (Å²) >= 11 is 1.47. The van der Waals surface area contributed by atoms with E-state index in [0.717, 1.165) is 19.5 Å². The molecule has 0 radical (unpaired) electrons. The minimum absolute atomic E-state index is 0.0737. The van der Waals surface area contributed by atoms with Gasteiger partial charge in [0.2, 0.25) is 0 Å². The van der Waals surface area contributed by atoms with E-state index >= 15 is 0 Å². The number of thiazole rings is 1. The lowest BCUT2D eigenvalue weighted by atomic mass is 9.81. The summed E-state index contributed by atoms with van der Waals surface area (Å²) in [7, 11) is 0. The third-order valence-corrected chi connectivity index (χ3v) is 4.66. The Bertz CT molecular complexity index is 567. The number of likely N-dealkylation sites (tertiary alicyclic amines) is 1. The standard InChI is InChI=1S/C16H18N2OS/c1-12-9-18(16(19)15-10-20-11-17-15)8-7-14(12)13-5-3-2-4-6-13/h2-6,10-12,14H,7-9H2,1H3. The van der Waals surface area contributed by atoms with Crippen molar-refractivity contribution in [1.29, 1.82) is 0 Å². The molecule has 2 atom stereocenters. The number of rotatable bonds is 2. The van der Waals surface area contributed by atoms with Crippen LogP contribution in [0.15, 0.2) is 41.2 Å². The molecule has 0 aliphatic carbocycles. The highest BCUT2D eigenvalue weighted by Gasteiger charge is 2.30. The number of piperidine rings is 1. The highest BCUT2D eigenvalue weighted by molar-refractivity contribution is 7.07. The van der Waals surface area contributed by atoms with Gasteiger partial charge in [0.25, 0.3) is 5.91 Å². The molecule has 2 heterocycles. The lowest BCUT2D eigenvalue weighted by molar-refractivity contribution is 0.0655. The van der Waals surface area contributed by atoms with E-state index in [2.05, 4.69) is 42.2 Å². The van der Waals surface area contributed by atoms with Gasteiger partial charge in [-0.25, -0.2) is 4.98 Å². The molecule has 0 saturated carbocycles. The second-order valence-electron chi connectivity index (χ2n) is 5.41. The van der Waals surface area contributed by atoms with Crippen molar-refractivity contribution in [3.8, 4) is 0 Å². The monoisotopic (exact) mass is 286 g/mol. The number of aromatic nitrogens is 1. The molecule has 2 unspecified atom stereocenters. The van der Waals surface area contributed by atoms with Gasteiger partial charge in [-0.3, -0.25) is 4.79 Å². The maximum Gasteiger partial charge on any atom is 0.273 e. The normalized spacial score (nSPS) is 22.8. The molecule has 2 aromatic rings. The van der Waals surface area contributed by atoms with Crippen LogP contribution in [0.2, 0.25) is 0 Å². The van der Waals surface area contributed by atoms with Gasteiger partial charge in [0.05, 0.1) is 5.51 Å². The van der Waals surface area contributed by atoms with E-state index in [0.29, 0.717) is 17.5 Å². The molecule has 1 aromatic heterocycles. The van der Waals surface area contributed by atoms with Crippen LogP contribution in [0.3, 0.4) is 0 Å². The van der Waals surface area contributed by atoms with Crippen molar-refractivity contribution >= 4 is 17.2 Å². The van der Waals surface area contributed by atoms with Gasteiger partial charge in [-0.15, -0.1) is 11.3 Å². The van der Waals surface area contributed by atoms with Crippen LogP contribution in [0.4, 0.5) is 0 Å². The fraction of sp³-hybridized carbons (Fsp3) is 0.375. The van der Waals surface area contributed by atoms with Crippen LogP contribution in [0.25, 0.3) is 0 Å². The summed E-state index contributed by atoms with van der Waals surface area (Å²) in [6.07, 6.45) is 1.03. The Kier molecular flexibility index (Phi) is 3.83. The summed E-state index contributed by atoms with van der Waals surface area (Å²) in [4.78, 5) is 18.4. The van der Waals surface area contributed by atoms with E-state index in [4.69, 9.17) is 0 Å². The molecule has 1 aromatic carbocycles. The first-order chi connectivity index (χ1) is 9.75. The van der Waals surface area contributed by atoms with Gasteiger partial charge in [-0.1, -0.05) is 37.3 Å². The molecular weight excluding hydrogens is 268 g/mol. The molecule has 1 aliphatic rings. The third kappa shape index (κ3) is 2.61. The van der Waals surface area contributed by atoms with E-state index in [9.17, 15) is 4.79 Å². The zero-order valence-electron chi connectivity index (χ0n) is 11.5. The second kappa shape index (κ2) is 5.75. The summed E-state index contributed by atoms with van der Waals surface area (Å²) in [6.45, 7) is 3.87. The number of benzene rings is 1. The molecule has 0 spiro atoms. The maximum atomic E-state index is 12.3. The lowest BCUT2D eigenvalue weighted by Crippen LogP contribution is -2.42. The molecule has 1 aliphatic heterocycles. The van der Waals surface area contributed by atoms with Crippen molar-refractivity contribution in [3.63, 3.8) is 0 Å². The first-order valence-electron chi connectivity index (χ1n) is 6.98. The average Bonchev–Trinajstić information content (AvgIpc) is 3.01. The predicted octanol–water partition coefficient (Wildman–Crippen LogP) is 3.41. The summed E-state index contributed by atoms with van der Waals surface area (Å²) < 4.78 is 0. The minimum atomic E-state index is 0.0737. The van der Waals surface area contributed by atoms with E-state index in [1.807, 2.05) is 10.3 Å². The first kappa shape index (κ1) is 13.3. The Morgan fingerprint density at radius 3 is 2.80 bits per heavy atom. The third-order valence-electron chi connectivity index (χ3n) is 4.07. The topological polar surface area (TPSA) is 33.2 Å². The molecule has 3 rings (SSSR count). The molecule has 3 nitrogen and oxygen atoms in total. The number of hydrogen-bond acceptors (Lipinski definition) is 3. The van der Waals surface area contributed by atoms with Crippen molar-refractivity contribution in [2.24, 2.45) is 5.92 Å². The fourth-order valence-electron chi connectivity index (χ4n) is 3.01. The number of amides is 1. The van der Waals surface area contributed by atoms with Crippen LogP contribution in [0.1, 0.15) is 35.3 Å². The van der Waals surface area contributed by atoms with Crippen LogP contribution in [-0.2, 0) is 0 Å². The van der Waals surface area contributed by atoms with Gasteiger partial charge in [-0.2, -0.15) is 0 Å². The SMILES string of the molecule is CC1CN(C(=O)c2cscn2)CCC1c1ccccc1. The second-order valence-corrected chi connectivity index (χ2v) is 6.13. The van der Waals surface area contributed by atoms with Gasteiger partial charge in [-0.05, 0) is 23.8 Å². The van der Waals surface area contributed by atoms with Gasteiger partial charge in [0.1, 0.15) is 5.69 Å². The van der Waals surface area contributed by atoms with E-state index in [1.54, 1.807) is 5.51 Å². The van der Waals surface area contributed by atoms with Crippen molar-refractivity contribution in [3.05, 3.63) is 52.5 Å². The minimum Gasteiger partial charge on any atom is -0.337 e. The largest absolute Gasteiger partial charge is 0.337 e. The zero-order chi connectivity index (χ0) is 13.9. The molecule has 0 N–H and O–H groups in total. The van der Waals surface area contributed by atoms with Crippen LogP contribution >= 0.6 is 11.3 Å². The molecule has 104 valence electrons. The number of hydrogen-bond donors (Lipinski definition) is 0. The molecule has 1 fully saturated rings. The highest BCUT2D eigenvalue weighted by atomic mass is 32.1. The number of carbonyl (C=O) groups is 1. The van der Waals surface area contributed by atoms with Gasteiger partial charge >= 0.3 is 0 Å². The van der Waals surface area contributed by atoms with Crippen LogP contribution in [0.5, 0.6) is 0 Å². The first-order valence-corrected chi connectivity index (χ1v) is 7.92. The fourth-order valence-corrected chi connectivity index (χ4v) is 3.53. The van der Waals surface area contributed by atoms with Crippen molar-refractivity contribution in [2.75, 3.05) is 13.1 Å². The van der Waals surface area contributed by atoms with Gasteiger partial charge in [0, 0.05) is 18.5 Å². The molecule has 20 heavy (non-hydrogen) atoms. The smallest absolute Gasteiger partial charge is 0.273 e. The summed E-state index contributed by atoms with van der Waals surface area (Å²) in [5.41, 5.74) is 3.69. The number of nitrogens with zero attached hydrogens (tertiary/aromatic N) is 2. The van der Waals surface area contributed by atoms with Gasteiger partial charge < -0.3 is 4.90 Å². The molecule has 4 heteroatoms.